The molecule has 0 spiro atoms. The number of amides is 1. The number of hydrogen-bond donors (Lipinski definition) is 1. The summed E-state index contributed by atoms with van der Waals surface area (Å²) in [7, 11) is 0. The van der Waals surface area contributed by atoms with E-state index in [1.54, 1.807) is 41.5 Å². The smallest absolute Gasteiger partial charge is 0.244 e. The zero-order valence-corrected chi connectivity index (χ0v) is 14.0. The van der Waals surface area contributed by atoms with E-state index in [4.69, 9.17) is 0 Å². The molecule has 19 heavy (non-hydrogen) atoms. The summed E-state index contributed by atoms with van der Waals surface area (Å²) in [5, 5.41) is 2.74. The first kappa shape index (κ1) is 14.4. The molecule has 0 aliphatic rings. The number of pyridine rings is 2. The van der Waals surface area contributed by atoms with Gasteiger partial charge in [0.2, 0.25) is 11.3 Å². The summed E-state index contributed by atoms with van der Waals surface area (Å²) in [6.07, 6.45) is 6.54. The number of nitrogens with one attached hydrogen (secondary N) is 1. The zero-order valence-electron chi connectivity index (χ0n) is 9.64. The maximum Gasteiger partial charge on any atom is 0.244 e. The second-order valence-electron chi connectivity index (χ2n) is 3.75. The summed E-state index contributed by atoms with van der Waals surface area (Å²) in [6, 6.07) is 3.52. The lowest BCUT2D eigenvalue weighted by Crippen LogP contribution is -2.21. The second kappa shape index (κ2) is 6.46. The van der Waals surface area contributed by atoms with Gasteiger partial charge in [-0.1, -0.05) is 0 Å². The standard InChI is InChI=1S/C12H9I2N3O2/c13-9-5-17(6-10(14)12(9)19)7-11(18)16-8-2-1-3-15-4-8/h1-6H,7H2,(H,16,18). The quantitative estimate of drug-likeness (QED) is 0.684. The van der Waals surface area contributed by atoms with E-state index in [0.29, 0.717) is 12.8 Å². The van der Waals surface area contributed by atoms with E-state index in [9.17, 15) is 9.59 Å². The highest BCUT2D eigenvalue weighted by atomic mass is 127. The van der Waals surface area contributed by atoms with Gasteiger partial charge in [-0.3, -0.25) is 14.6 Å². The van der Waals surface area contributed by atoms with Crippen molar-refractivity contribution in [2.24, 2.45) is 0 Å². The van der Waals surface area contributed by atoms with Crippen LogP contribution in [-0.4, -0.2) is 15.5 Å². The molecule has 0 saturated heterocycles. The molecule has 1 N–H and O–H groups in total. The van der Waals surface area contributed by atoms with Crippen LogP contribution in [0.5, 0.6) is 0 Å². The fraction of sp³-hybridized carbons (Fsp3) is 0.0833. The van der Waals surface area contributed by atoms with Gasteiger partial charge in [0.15, 0.2) is 0 Å². The molecular formula is C12H9I2N3O2. The molecule has 1 amide bonds. The topological polar surface area (TPSA) is 64.0 Å². The third kappa shape index (κ3) is 4.00. The summed E-state index contributed by atoms with van der Waals surface area (Å²) in [5.74, 6) is -0.164. The highest BCUT2D eigenvalue weighted by Gasteiger charge is 2.07. The van der Waals surface area contributed by atoms with Gasteiger partial charge in [-0.2, -0.15) is 0 Å². The van der Waals surface area contributed by atoms with Crippen molar-refractivity contribution in [1.82, 2.24) is 9.55 Å². The largest absolute Gasteiger partial charge is 0.343 e. The maximum atomic E-state index is 11.8. The SMILES string of the molecule is O=C(Cn1cc(I)c(=O)c(I)c1)Nc1cccnc1. The third-order valence-corrected chi connectivity index (χ3v) is 3.80. The molecule has 7 heteroatoms. The van der Waals surface area contributed by atoms with Crippen LogP contribution < -0.4 is 10.7 Å². The highest BCUT2D eigenvalue weighted by molar-refractivity contribution is 14.1. The molecule has 5 nitrogen and oxygen atoms in total. The van der Waals surface area contributed by atoms with E-state index in [1.165, 1.54) is 0 Å². The number of anilines is 1. The van der Waals surface area contributed by atoms with Crippen LogP contribution in [0.2, 0.25) is 0 Å². The van der Waals surface area contributed by atoms with E-state index >= 15 is 0 Å². The van der Waals surface area contributed by atoms with Crippen LogP contribution in [0.4, 0.5) is 5.69 Å². The van der Waals surface area contributed by atoms with Gasteiger partial charge in [0, 0.05) is 18.6 Å². The molecule has 0 radical (unpaired) electrons. The monoisotopic (exact) mass is 481 g/mol. The van der Waals surface area contributed by atoms with E-state index in [0.717, 1.165) is 0 Å². The normalized spacial score (nSPS) is 10.2. The van der Waals surface area contributed by atoms with Crippen LogP contribution in [0.1, 0.15) is 0 Å². The Hall–Kier alpha value is -0.970. The van der Waals surface area contributed by atoms with Crippen molar-refractivity contribution in [1.29, 1.82) is 0 Å². The van der Waals surface area contributed by atoms with E-state index in [1.807, 2.05) is 45.2 Å². The van der Waals surface area contributed by atoms with Crippen molar-refractivity contribution < 1.29 is 4.79 Å². The fourth-order valence-electron chi connectivity index (χ4n) is 1.45. The van der Waals surface area contributed by atoms with Gasteiger partial charge in [-0.25, -0.2) is 0 Å². The number of nitrogens with zero attached hydrogens (tertiary/aromatic N) is 2. The number of rotatable bonds is 3. The zero-order chi connectivity index (χ0) is 13.8. The van der Waals surface area contributed by atoms with Crippen LogP contribution in [0.3, 0.4) is 0 Å². The number of aromatic nitrogens is 2. The minimum atomic E-state index is -0.164. The Morgan fingerprint density at radius 3 is 2.58 bits per heavy atom. The second-order valence-corrected chi connectivity index (χ2v) is 6.07. The average Bonchev–Trinajstić information content (AvgIpc) is 2.37. The van der Waals surface area contributed by atoms with Crippen LogP contribution in [0, 0.1) is 7.14 Å². The molecule has 2 rings (SSSR count). The van der Waals surface area contributed by atoms with Gasteiger partial charge >= 0.3 is 0 Å². The molecule has 2 aromatic rings. The number of hydrogen-bond acceptors (Lipinski definition) is 3. The van der Waals surface area contributed by atoms with Crippen molar-refractivity contribution in [2.75, 3.05) is 5.32 Å². The summed E-state index contributed by atoms with van der Waals surface area (Å²) >= 11 is 3.93. The van der Waals surface area contributed by atoms with Crippen LogP contribution in [0.25, 0.3) is 0 Å². The predicted molar refractivity (Wildman–Crippen MR) is 89.0 cm³/mol. The lowest BCUT2D eigenvalue weighted by atomic mass is 10.4. The average molecular weight is 481 g/mol. The molecule has 2 heterocycles. The summed E-state index contributed by atoms with van der Waals surface area (Å²) in [5.41, 5.74) is 0.642. The van der Waals surface area contributed by atoms with Crippen molar-refractivity contribution in [3.05, 3.63) is 54.3 Å². The summed E-state index contributed by atoms with van der Waals surface area (Å²) in [6.45, 7) is 0.154. The van der Waals surface area contributed by atoms with Crippen LogP contribution in [0.15, 0.2) is 41.7 Å². The van der Waals surface area contributed by atoms with Crippen LogP contribution in [-0.2, 0) is 11.3 Å². The minimum Gasteiger partial charge on any atom is -0.343 e. The molecule has 0 aliphatic carbocycles. The van der Waals surface area contributed by atoms with E-state index < -0.39 is 0 Å². The van der Waals surface area contributed by atoms with Gasteiger partial charge in [-0.15, -0.1) is 0 Å². The molecule has 0 unspecified atom stereocenters. The molecule has 2 aromatic heterocycles. The molecule has 0 fully saturated rings. The molecule has 0 aromatic carbocycles. The van der Waals surface area contributed by atoms with Crippen molar-refractivity contribution in [3.63, 3.8) is 0 Å². The molecule has 0 aliphatic heterocycles. The Morgan fingerprint density at radius 1 is 1.32 bits per heavy atom. The Morgan fingerprint density at radius 2 is 2.00 bits per heavy atom. The first-order valence-electron chi connectivity index (χ1n) is 5.31. The van der Waals surface area contributed by atoms with Crippen LogP contribution >= 0.6 is 45.2 Å². The predicted octanol–water partition coefficient (Wildman–Crippen LogP) is 2.09. The first-order chi connectivity index (χ1) is 9.06. The maximum absolute atomic E-state index is 11.8. The van der Waals surface area contributed by atoms with Gasteiger partial charge < -0.3 is 9.88 Å². The van der Waals surface area contributed by atoms with Crippen molar-refractivity contribution in [3.8, 4) is 0 Å². The Bertz CT molecular complexity index is 630. The Balaban J connectivity index is 2.09. The molecule has 0 atom stereocenters. The third-order valence-electron chi connectivity index (χ3n) is 2.26. The summed E-state index contributed by atoms with van der Waals surface area (Å²) < 4.78 is 2.88. The highest BCUT2D eigenvalue weighted by Crippen LogP contribution is 2.06. The number of carbonyl (C=O) groups excluding carboxylic acids is 1. The minimum absolute atomic E-state index is 0.00915. The molecule has 0 saturated carbocycles. The van der Waals surface area contributed by atoms with E-state index in [2.05, 4.69) is 10.3 Å². The lowest BCUT2D eigenvalue weighted by Gasteiger charge is -2.08. The Kier molecular flexibility index (Phi) is 4.91. The van der Waals surface area contributed by atoms with Gasteiger partial charge in [0.25, 0.3) is 0 Å². The van der Waals surface area contributed by atoms with E-state index in [-0.39, 0.29) is 17.9 Å². The first-order valence-corrected chi connectivity index (χ1v) is 7.47. The summed E-state index contributed by atoms with van der Waals surface area (Å²) in [4.78, 5) is 27.3. The molecular weight excluding hydrogens is 472 g/mol. The fourth-order valence-corrected chi connectivity index (χ4v) is 3.27. The van der Waals surface area contributed by atoms with Gasteiger partial charge in [0.1, 0.15) is 6.54 Å². The number of halogens is 2. The van der Waals surface area contributed by atoms with Crippen molar-refractivity contribution in [2.45, 2.75) is 6.54 Å². The van der Waals surface area contributed by atoms with Crippen molar-refractivity contribution >= 4 is 56.8 Å². The van der Waals surface area contributed by atoms with Gasteiger partial charge in [-0.05, 0) is 57.3 Å². The molecule has 98 valence electrons. The molecule has 0 bridgehead atoms. The Labute approximate surface area is 136 Å². The number of carbonyl (C=O) groups is 1. The van der Waals surface area contributed by atoms with Gasteiger partial charge in [0.05, 0.1) is 19.0 Å². The lowest BCUT2D eigenvalue weighted by molar-refractivity contribution is -0.116.